The van der Waals surface area contributed by atoms with Crippen LogP contribution >= 0.6 is 11.3 Å². The molecular formula is C15H20N2O2S. The fourth-order valence-electron chi connectivity index (χ4n) is 2.25. The number of ether oxygens (including phenoxy) is 1. The van der Waals surface area contributed by atoms with Gasteiger partial charge in [-0.1, -0.05) is 11.8 Å². The Labute approximate surface area is 123 Å². The van der Waals surface area contributed by atoms with Crippen LogP contribution in [0.5, 0.6) is 0 Å². The number of thiophene rings is 1. The number of nitrogens with two attached hydrogens (primary N) is 1. The summed E-state index contributed by atoms with van der Waals surface area (Å²) in [5.74, 6) is 5.93. The summed E-state index contributed by atoms with van der Waals surface area (Å²) in [6, 6.07) is 2.20. The molecule has 2 rings (SSSR count). The van der Waals surface area contributed by atoms with E-state index in [0.717, 1.165) is 41.4 Å². The Morgan fingerprint density at radius 1 is 1.55 bits per heavy atom. The lowest BCUT2D eigenvalue weighted by molar-refractivity contribution is 0.0365. The summed E-state index contributed by atoms with van der Waals surface area (Å²) < 4.78 is 5.34. The smallest absolute Gasteiger partial charge is 0.263 e. The molecule has 0 atom stereocenters. The first-order chi connectivity index (χ1) is 9.63. The predicted molar refractivity (Wildman–Crippen MR) is 80.9 cm³/mol. The largest absolute Gasteiger partial charge is 0.381 e. The number of hydrogen-bond acceptors (Lipinski definition) is 4. The van der Waals surface area contributed by atoms with E-state index in [9.17, 15) is 4.79 Å². The zero-order valence-electron chi connectivity index (χ0n) is 11.9. The molecule has 0 spiro atoms. The number of carbonyl (C=O) groups is 1. The van der Waals surface area contributed by atoms with E-state index in [1.807, 2.05) is 24.9 Å². The number of aryl methyl sites for hydroxylation is 1. The molecular weight excluding hydrogens is 272 g/mol. The molecule has 0 unspecified atom stereocenters. The van der Waals surface area contributed by atoms with Crippen LogP contribution in [0.1, 0.15) is 33.0 Å². The molecule has 0 radical (unpaired) electrons. The lowest BCUT2D eigenvalue weighted by Gasteiger charge is -2.30. The third kappa shape index (κ3) is 3.40. The van der Waals surface area contributed by atoms with Crippen LogP contribution in [0.15, 0.2) is 6.07 Å². The van der Waals surface area contributed by atoms with Gasteiger partial charge in [0.15, 0.2) is 0 Å². The number of amides is 1. The number of nitrogens with zero attached hydrogens (tertiary/aromatic N) is 1. The quantitative estimate of drug-likeness (QED) is 0.843. The maximum Gasteiger partial charge on any atom is 0.263 e. The average Bonchev–Trinajstić information content (AvgIpc) is 2.85. The number of hydrogen-bond donors (Lipinski definition) is 1. The van der Waals surface area contributed by atoms with E-state index in [2.05, 4.69) is 11.8 Å². The molecule has 1 aliphatic heterocycles. The molecule has 5 heteroatoms. The summed E-state index contributed by atoms with van der Waals surface area (Å²) in [5, 5.41) is 0. The first-order valence-electron chi connectivity index (χ1n) is 6.77. The molecule has 1 aromatic rings. The highest BCUT2D eigenvalue weighted by Gasteiger charge is 2.24. The summed E-state index contributed by atoms with van der Waals surface area (Å²) in [7, 11) is 1.87. The Morgan fingerprint density at radius 3 is 2.90 bits per heavy atom. The lowest BCUT2D eigenvalue weighted by Crippen LogP contribution is -2.40. The molecule has 20 heavy (non-hydrogen) atoms. The Balaban J connectivity index is 2.12. The van der Waals surface area contributed by atoms with E-state index >= 15 is 0 Å². The van der Waals surface area contributed by atoms with Crippen molar-refractivity contribution >= 4 is 17.2 Å². The van der Waals surface area contributed by atoms with Gasteiger partial charge in [-0.3, -0.25) is 4.79 Å². The van der Waals surface area contributed by atoms with Crippen molar-refractivity contribution < 1.29 is 9.53 Å². The van der Waals surface area contributed by atoms with Crippen molar-refractivity contribution in [3.8, 4) is 11.8 Å². The Bertz CT molecular complexity index is 536. The summed E-state index contributed by atoms with van der Waals surface area (Å²) in [6.45, 7) is 3.78. The van der Waals surface area contributed by atoms with E-state index in [1.165, 1.54) is 11.3 Å². The normalized spacial score (nSPS) is 15.6. The van der Waals surface area contributed by atoms with Crippen LogP contribution in [-0.4, -0.2) is 43.7 Å². The fourth-order valence-corrected chi connectivity index (χ4v) is 3.29. The van der Waals surface area contributed by atoms with Crippen LogP contribution in [0.25, 0.3) is 0 Å². The van der Waals surface area contributed by atoms with E-state index < -0.39 is 0 Å². The molecule has 2 heterocycles. The molecule has 0 aliphatic carbocycles. The van der Waals surface area contributed by atoms with Crippen molar-refractivity contribution in [2.45, 2.75) is 25.8 Å². The topological polar surface area (TPSA) is 55.6 Å². The second-order valence-corrected chi connectivity index (χ2v) is 5.94. The first kappa shape index (κ1) is 15.0. The molecule has 1 amide bonds. The minimum absolute atomic E-state index is 0.0748. The van der Waals surface area contributed by atoms with Gasteiger partial charge in [-0.25, -0.2) is 0 Å². The first-order valence-corrected chi connectivity index (χ1v) is 7.59. The number of rotatable bonds is 2. The summed E-state index contributed by atoms with van der Waals surface area (Å²) in [6.07, 6.45) is 1.82. The van der Waals surface area contributed by atoms with Crippen molar-refractivity contribution in [2.24, 2.45) is 5.73 Å². The highest BCUT2D eigenvalue weighted by atomic mass is 32.1. The van der Waals surface area contributed by atoms with Gasteiger partial charge >= 0.3 is 0 Å². The Morgan fingerprint density at radius 2 is 2.25 bits per heavy atom. The van der Waals surface area contributed by atoms with Gasteiger partial charge in [0.2, 0.25) is 0 Å². The van der Waals surface area contributed by atoms with Crippen molar-refractivity contribution in [3.63, 3.8) is 0 Å². The van der Waals surface area contributed by atoms with E-state index in [1.54, 1.807) is 0 Å². The summed E-state index contributed by atoms with van der Waals surface area (Å²) in [4.78, 5) is 16.0. The molecule has 0 bridgehead atoms. The van der Waals surface area contributed by atoms with Gasteiger partial charge in [-0.05, 0) is 31.4 Å². The minimum atomic E-state index is 0.0748. The maximum atomic E-state index is 12.5. The third-order valence-corrected chi connectivity index (χ3v) is 4.63. The van der Waals surface area contributed by atoms with Crippen LogP contribution in [0, 0.1) is 18.8 Å². The third-order valence-electron chi connectivity index (χ3n) is 3.49. The highest BCUT2D eigenvalue weighted by Crippen LogP contribution is 2.24. The highest BCUT2D eigenvalue weighted by molar-refractivity contribution is 7.14. The Hall–Kier alpha value is -1.35. The van der Waals surface area contributed by atoms with Gasteiger partial charge in [-0.15, -0.1) is 11.3 Å². The van der Waals surface area contributed by atoms with Gasteiger partial charge < -0.3 is 15.4 Å². The van der Waals surface area contributed by atoms with Crippen LogP contribution in [0.4, 0.5) is 0 Å². The van der Waals surface area contributed by atoms with Crippen LogP contribution < -0.4 is 5.73 Å². The van der Waals surface area contributed by atoms with E-state index in [4.69, 9.17) is 10.5 Å². The molecule has 0 aromatic carbocycles. The second-order valence-electron chi connectivity index (χ2n) is 4.89. The molecule has 108 valence electrons. The van der Waals surface area contributed by atoms with Gasteiger partial charge in [0.1, 0.15) is 0 Å². The molecule has 1 aromatic heterocycles. The fraction of sp³-hybridized carbons (Fsp3) is 0.533. The zero-order valence-corrected chi connectivity index (χ0v) is 12.8. The van der Waals surface area contributed by atoms with Crippen LogP contribution in [0.3, 0.4) is 0 Å². The lowest BCUT2D eigenvalue weighted by atomic mass is 10.1. The average molecular weight is 292 g/mol. The molecule has 0 saturated carbocycles. The van der Waals surface area contributed by atoms with Gasteiger partial charge in [-0.2, -0.15) is 0 Å². The maximum absolute atomic E-state index is 12.5. The van der Waals surface area contributed by atoms with E-state index in [0.29, 0.717) is 6.54 Å². The standard InChI is InChI=1S/C15H20N2O2S/c1-11-10-14(20-13(11)4-3-7-16)15(18)17(2)12-5-8-19-9-6-12/h10,12H,5-9,16H2,1-2H3. The number of carbonyl (C=O) groups excluding carboxylic acids is 1. The van der Waals surface area contributed by atoms with Crippen LogP contribution in [-0.2, 0) is 4.74 Å². The molecule has 1 fully saturated rings. The molecule has 4 nitrogen and oxygen atoms in total. The monoisotopic (exact) mass is 292 g/mol. The van der Waals surface area contributed by atoms with E-state index in [-0.39, 0.29) is 11.9 Å². The molecule has 1 aliphatic rings. The van der Waals surface area contributed by atoms with Gasteiger partial charge in [0.25, 0.3) is 5.91 Å². The predicted octanol–water partition coefficient (Wildman–Crippen LogP) is 1.62. The molecule has 2 N–H and O–H groups in total. The van der Waals surface area contributed by atoms with Gasteiger partial charge in [0.05, 0.1) is 16.3 Å². The van der Waals surface area contributed by atoms with Crippen molar-refractivity contribution in [1.82, 2.24) is 4.90 Å². The SMILES string of the molecule is Cc1cc(C(=O)N(C)C2CCOCC2)sc1C#CCN. The van der Waals surface area contributed by atoms with Crippen molar-refractivity contribution in [3.05, 3.63) is 21.4 Å². The molecule has 1 saturated heterocycles. The van der Waals surface area contributed by atoms with Crippen molar-refractivity contribution in [1.29, 1.82) is 0 Å². The summed E-state index contributed by atoms with van der Waals surface area (Å²) >= 11 is 1.45. The second kappa shape index (κ2) is 6.89. The van der Waals surface area contributed by atoms with Crippen LogP contribution in [0.2, 0.25) is 0 Å². The van der Waals surface area contributed by atoms with Gasteiger partial charge in [0, 0.05) is 26.3 Å². The Kier molecular flexibility index (Phi) is 5.18. The zero-order chi connectivity index (χ0) is 14.5. The van der Waals surface area contributed by atoms with Crippen molar-refractivity contribution in [2.75, 3.05) is 26.8 Å². The minimum Gasteiger partial charge on any atom is -0.381 e. The summed E-state index contributed by atoms with van der Waals surface area (Å²) in [5.41, 5.74) is 6.42.